The predicted octanol–water partition coefficient (Wildman–Crippen LogP) is 4.15. The molecular weight excluding hydrogens is 222 g/mol. The van der Waals surface area contributed by atoms with E-state index in [0.29, 0.717) is 17.2 Å². The monoisotopic (exact) mass is 234 g/mol. The Balaban J connectivity index is 2.44. The van der Waals surface area contributed by atoms with Crippen molar-refractivity contribution in [2.45, 2.75) is 32.3 Å². The lowest BCUT2D eigenvalue weighted by molar-refractivity contribution is 0.110. The smallest absolute Gasteiger partial charge is 0.238 e. The summed E-state index contributed by atoms with van der Waals surface area (Å²) in [4.78, 5) is 0. The minimum Gasteiger partial charge on any atom is -0.489 e. The minimum atomic E-state index is -2.28. The maximum atomic E-state index is 11.9. The molecule has 0 N–H and O–H groups in total. The van der Waals surface area contributed by atoms with Gasteiger partial charge in [0.05, 0.1) is 11.1 Å². The second-order valence-electron chi connectivity index (χ2n) is 3.33. The molecule has 0 heterocycles. The summed E-state index contributed by atoms with van der Waals surface area (Å²) in [6.07, 6.45) is -2.35. The van der Waals surface area contributed by atoms with Crippen molar-refractivity contribution in [2.24, 2.45) is 0 Å². The molecule has 0 aliphatic carbocycles. The van der Waals surface area contributed by atoms with Gasteiger partial charge in [0.25, 0.3) is 0 Å². The van der Waals surface area contributed by atoms with E-state index in [4.69, 9.17) is 16.3 Å². The molecule has 0 saturated carbocycles. The van der Waals surface area contributed by atoms with E-state index in [9.17, 15) is 8.78 Å². The molecule has 0 amide bonds. The summed E-state index contributed by atoms with van der Waals surface area (Å²) in [6, 6.07) is 7.01. The predicted molar refractivity (Wildman–Crippen MR) is 56.8 cm³/mol. The number of ether oxygens (including phenoxy) is 1. The number of rotatable bonds is 5. The van der Waals surface area contributed by atoms with Gasteiger partial charge < -0.3 is 4.74 Å². The van der Waals surface area contributed by atoms with Gasteiger partial charge in [0.1, 0.15) is 5.75 Å². The molecule has 1 rings (SSSR count). The Bertz CT molecular complexity index is 304. The van der Waals surface area contributed by atoms with Crippen LogP contribution < -0.4 is 4.74 Å². The van der Waals surface area contributed by atoms with Crippen LogP contribution in [0.25, 0.3) is 0 Å². The summed E-state index contributed by atoms with van der Waals surface area (Å²) >= 11 is 5.86. The zero-order chi connectivity index (χ0) is 11.3. The Morgan fingerprint density at radius 2 is 1.93 bits per heavy atom. The van der Waals surface area contributed by atoms with Crippen LogP contribution >= 0.6 is 11.6 Å². The lowest BCUT2D eigenvalue weighted by atomic mass is 10.2. The van der Waals surface area contributed by atoms with Gasteiger partial charge in [0.2, 0.25) is 6.43 Å². The van der Waals surface area contributed by atoms with E-state index < -0.39 is 6.43 Å². The van der Waals surface area contributed by atoms with Crippen LogP contribution in [-0.4, -0.2) is 12.5 Å². The average molecular weight is 235 g/mol. The maximum absolute atomic E-state index is 11.9. The Labute approximate surface area is 93.0 Å². The SMILES string of the molecule is CC(CCC(F)F)Oc1ccccc1Cl. The molecule has 1 aromatic rings. The fourth-order valence-corrected chi connectivity index (χ4v) is 1.36. The highest BCUT2D eigenvalue weighted by molar-refractivity contribution is 6.32. The molecule has 1 atom stereocenters. The van der Waals surface area contributed by atoms with Gasteiger partial charge in [0.15, 0.2) is 0 Å². The van der Waals surface area contributed by atoms with Gasteiger partial charge in [-0.3, -0.25) is 0 Å². The number of benzene rings is 1. The second-order valence-corrected chi connectivity index (χ2v) is 3.73. The van der Waals surface area contributed by atoms with Crippen LogP contribution in [0.5, 0.6) is 5.75 Å². The molecule has 0 aliphatic heterocycles. The van der Waals surface area contributed by atoms with Crippen molar-refractivity contribution < 1.29 is 13.5 Å². The maximum Gasteiger partial charge on any atom is 0.238 e. The summed E-state index contributed by atoms with van der Waals surface area (Å²) < 4.78 is 29.3. The van der Waals surface area contributed by atoms with Crippen molar-refractivity contribution in [3.05, 3.63) is 29.3 Å². The molecule has 0 radical (unpaired) electrons. The van der Waals surface area contributed by atoms with Crippen LogP contribution in [0.1, 0.15) is 19.8 Å². The zero-order valence-corrected chi connectivity index (χ0v) is 9.18. The third-order valence-electron chi connectivity index (χ3n) is 1.96. The quantitative estimate of drug-likeness (QED) is 0.744. The molecule has 15 heavy (non-hydrogen) atoms. The summed E-state index contributed by atoms with van der Waals surface area (Å²) in [7, 11) is 0. The second kappa shape index (κ2) is 5.91. The van der Waals surface area contributed by atoms with Crippen molar-refractivity contribution in [3.63, 3.8) is 0 Å². The number of alkyl halides is 2. The molecular formula is C11H13ClF2O. The molecule has 0 aromatic heterocycles. The van der Waals surface area contributed by atoms with Crippen LogP contribution in [-0.2, 0) is 0 Å². The van der Waals surface area contributed by atoms with Crippen LogP contribution in [0.2, 0.25) is 5.02 Å². The largest absolute Gasteiger partial charge is 0.489 e. The Morgan fingerprint density at radius 3 is 2.53 bits per heavy atom. The molecule has 0 bridgehead atoms. The molecule has 4 heteroatoms. The highest BCUT2D eigenvalue weighted by Gasteiger charge is 2.10. The molecule has 1 unspecified atom stereocenters. The highest BCUT2D eigenvalue weighted by Crippen LogP contribution is 2.25. The minimum absolute atomic E-state index is 0.147. The topological polar surface area (TPSA) is 9.23 Å². The first kappa shape index (κ1) is 12.2. The van der Waals surface area contributed by atoms with Crippen molar-refractivity contribution in [2.75, 3.05) is 0 Å². The first-order valence-corrected chi connectivity index (χ1v) is 5.16. The third-order valence-corrected chi connectivity index (χ3v) is 2.27. The normalized spacial score (nSPS) is 12.9. The molecule has 1 nitrogen and oxygen atoms in total. The number of hydrogen-bond donors (Lipinski definition) is 0. The van der Waals surface area contributed by atoms with Gasteiger partial charge in [-0.2, -0.15) is 0 Å². The van der Waals surface area contributed by atoms with Crippen LogP contribution in [0, 0.1) is 0 Å². The number of hydrogen-bond acceptors (Lipinski definition) is 1. The van der Waals surface area contributed by atoms with Crippen LogP contribution in [0.3, 0.4) is 0 Å². The van der Waals surface area contributed by atoms with Gasteiger partial charge >= 0.3 is 0 Å². The van der Waals surface area contributed by atoms with Crippen LogP contribution in [0.15, 0.2) is 24.3 Å². The van der Waals surface area contributed by atoms with E-state index in [1.165, 1.54) is 0 Å². The Hall–Kier alpha value is -0.830. The molecule has 0 fully saturated rings. The Morgan fingerprint density at radius 1 is 1.27 bits per heavy atom. The van der Waals surface area contributed by atoms with Gasteiger partial charge in [-0.25, -0.2) is 8.78 Å². The summed E-state index contributed by atoms with van der Waals surface area (Å²) in [5.41, 5.74) is 0. The lowest BCUT2D eigenvalue weighted by Gasteiger charge is -2.15. The third kappa shape index (κ3) is 4.47. The van der Waals surface area contributed by atoms with E-state index in [1.807, 2.05) is 0 Å². The standard InChI is InChI=1S/C11H13ClF2O/c1-8(6-7-11(13)14)15-10-5-3-2-4-9(10)12/h2-5,8,11H,6-7H2,1H3. The fourth-order valence-electron chi connectivity index (χ4n) is 1.18. The van der Waals surface area contributed by atoms with E-state index >= 15 is 0 Å². The molecule has 0 saturated heterocycles. The fraction of sp³-hybridized carbons (Fsp3) is 0.455. The summed E-state index contributed by atoms with van der Waals surface area (Å²) in [6.45, 7) is 1.76. The van der Waals surface area contributed by atoms with Crippen molar-refractivity contribution in [1.29, 1.82) is 0 Å². The van der Waals surface area contributed by atoms with Crippen molar-refractivity contribution >= 4 is 11.6 Å². The average Bonchev–Trinajstić information content (AvgIpc) is 2.18. The zero-order valence-electron chi connectivity index (χ0n) is 8.42. The molecule has 84 valence electrons. The van der Waals surface area contributed by atoms with Gasteiger partial charge in [-0.1, -0.05) is 23.7 Å². The van der Waals surface area contributed by atoms with Crippen molar-refractivity contribution in [1.82, 2.24) is 0 Å². The Kier molecular flexibility index (Phi) is 4.82. The van der Waals surface area contributed by atoms with Crippen molar-refractivity contribution in [3.8, 4) is 5.75 Å². The highest BCUT2D eigenvalue weighted by atomic mass is 35.5. The lowest BCUT2D eigenvalue weighted by Crippen LogP contribution is -2.13. The molecule has 0 aliphatic rings. The van der Waals surface area contributed by atoms with Crippen LogP contribution in [0.4, 0.5) is 8.78 Å². The first-order chi connectivity index (χ1) is 7.09. The van der Waals surface area contributed by atoms with E-state index in [-0.39, 0.29) is 12.5 Å². The first-order valence-electron chi connectivity index (χ1n) is 4.79. The van der Waals surface area contributed by atoms with E-state index in [2.05, 4.69) is 0 Å². The summed E-state index contributed by atoms with van der Waals surface area (Å²) in [5, 5.41) is 0.501. The molecule has 1 aromatic carbocycles. The van der Waals surface area contributed by atoms with E-state index in [0.717, 1.165) is 0 Å². The summed E-state index contributed by atoms with van der Waals surface area (Å²) in [5.74, 6) is 0.543. The van der Waals surface area contributed by atoms with Gasteiger partial charge in [-0.05, 0) is 25.5 Å². The van der Waals surface area contributed by atoms with E-state index in [1.54, 1.807) is 31.2 Å². The van der Waals surface area contributed by atoms with Gasteiger partial charge in [0, 0.05) is 6.42 Å². The molecule has 0 spiro atoms. The van der Waals surface area contributed by atoms with Gasteiger partial charge in [-0.15, -0.1) is 0 Å². The number of para-hydroxylation sites is 1. The number of halogens is 3.